The average molecular weight is 257 g/mol. The molecule has 9 heteroatoms. The van der Waals surface area contributed by atoms with Crippen molar-refractivity contribution in [1.29, 1.82) is 0 Å². The maximum atomic E-state index is 11.8. The summed E-state index contributed by atoms with van der Waals surface area (Å²) in [6, 6.07) is 0. The van der Waals surface area contributed by atoms with Crippen LogP contribution in [0, 0.1) is 0 Å². The molecule has 15 heavy (non-hydrogen) atoms. The van der Waals surface area contributed by atoms with Crippen LogP contribution in [0.15, 0.2) is 11.0 Å². The van der Waals surface area contributed by atoms with E-state index in [0.717, 1.165) is 9.86 Å². The van der Waals surface area contributed by atoms with E-state index in [4.69, 9.17) is 11.6 Å². The molecule has 0 aliphatic heterocycles. The van der Waals surface area contributed by atoms with E-state index in [1.54, 1.807) is 0 Å². The molecule has 0 aliphatic rings. The summed E-state index contributed by atoms with van der Waals surface area (Å²) in [4.78, 5) is 11.2. The van der Waals surface area contributed by atoms with Gasteiger partial charge in [0.25, 0.3) is 5.56 Å². The molecule has 1 rings (SSSR count). The Kier molecular flexibility index (Phi) is 3.65. The molecule has 0 amide bonds. The topological polar surface area (TPSA) is 44.1 Å². The zero-order valence-electron chi connectivity index (χ0n) is 7.51. The molecule has 1 heterocycles. The standard InChI is InChI=1S/C6H4ClF3N2O2.Al.2H/c7-4-3(1-11-12-5(4)13)14-2-6(8,9)10;;;/h1H,2H2,(H,12,13);;;/q;+1;;/p-1. The number of nitrogens with zero attached hydrogens (tertiary/aromatic N) is 2. The van der Waals surface area contributed by atoms with Crippen molar-refractivity contribution in [2.75, 3.05) is 6.61 Å². The van der Waals surface area contributed by atoms with Crippen molar-refractivity contribution >= 4 is 28.1 Å². The van der Waals surface area contributed by atoms with Crippen molar-refractivity contribution in [3.05, 3.63) is 21.6 Å². The van der Waals surface area contributed by atoms with Crippen LogP contribution in [-0.4, -0.2) is 38.1 Å². The van der Waals surface area contributed by atoms with Crippen LogP contribution in [-0.2, 0) is 0 Å². The fourth-order valence-electron chi connectivity index (χ4n) is 0.756. The fourth-order valence-corrected chi connectivity index (χ4v) is 1.46. The third-order valence-electron chi connectivity index (χ3n) is 1.44. The number of aromatic nitrogens is 2. The number of hydrogen-bond donors (Lipinski definition) is 0. The van der Waals surface area contributed by atoms with Gasteiger partial charge in [-0.05, 0) is 0 Å². The minimum absolute atomic E-state index is 0.299. The number of rotatable bonds is 2. The highest BCUT2D eigenvalue weighted by Crippen LogP contribution is 2.21. The maximum Gasteiger partial charge on any atom is 0.422 e. The van der Waals surface area contributed by atoms with Crippen LogP contribution in [0.4, 0.5) is 13.2 Å². The van der Waals surface area contributed by atoms with Crippen LogP contribution in [0.25, 0.3) is 0 Å². The molecular formula is C6H5AlClF3N2O2. The Balaban J connectivity index is 2.89. The van der Waals surface area contributed by atoms with Gasteiger partial charge in [-0.25, -0.2) is 5.10 Å². The Morgan fingerprint density at radius 1 is 1.60 bits per heavy atom. The summed E-state index contributed by atoms with van der Waals surface area (Å²) in [5.41, 5.74) is -0.650. The van der Waals surface area contributed by atoms with E-state index in [-0.39, 0.29) is 10.8 Å². The van der Waals surface area contributed by atoms with Gasteiger partial charge in [-0.1, -0.05) is 11.6 Å². The molecule has 0 atom stereocenters. The Labute approximate surface area is 95.2 Å². The summed E-state index contributed by atoms with van der Waals surface area (Å²) >= 11 is 5.78. The highest BCUT2D eigenvalue weighted by Gasteiger charge is 2.29. The van der Waals surface area contributed by atoms with E-state index < -0.39 is 18.3 Å². The van der Waals surface area contributed by atoms with Gasteiger partial charge in [0, 0.05) is 0 Å². The molecule has 0 unspecified atom stereocenters. The zero-order chi connectivity index (χ0) is 11.6. The lowest BCUT2D eigenvalue weighted by molar-refractivity contribution is -0.153. The van der Waals surface area contributed by atoms with E-state index in [1.165, 1.54) is 0 Å². The van der Waals surface area contributed by atoms with Gasteiger partial charge in [0.1, 0.15) is 5.02 Å². The fraction of sp³-hybridized carbons (Fsp3) is 0.333. The number of hydrogen-bond acceptors (Lipinski definition) is 3. The lowest BCUT2D eigenvalue weighted by Crippen LogP contribution is -2.24. The highest BCUT2D eigenvalue weighted by molar-refractivity contribution is 6.32. The van der Waals surface area contributed by atoms with E-state index >= 15 is 0 Å². The zero-order valence-corrected chi connectivity index (χ0v) is 10.3. The lowest BCUT2D eigenvalue weighted by atomic mass is 10.5. The van der Waals surface area contributed by atoms with Crippen molar-refractivity contribution in [1.82, 2.24) is 8.76 Å². The third-order valence-corrected chi connectivity index (χ3v) is 2.42. The van der Waals surface area contributed by atoms with Crippen molar-refractivity contribution in [2.24, 2.45) is 0 Å². The molecule has 1 aromatic heterocycles. The Bertz CT molecular complexity index is 420. The van der Waals surface area contributed by atoms with Crippen molar-refractivity contribution in [3.63, 3.8) is 0 Å². The molecule has 0 bridgehead atoms. The summed E-state index contributed by atoms with van der Waals surface area (Å²) in [7, 11) is 0. The second-order valence-electron chi connectivity index (χ2n) is 2.66. The molecule has 0 N–H and O–H groups in total. The van der Waals surface area contributed by atoms with Crippen molar-refractivity contribution < 1.29 is 17.9 Å². The summed E-state index contributed by atoms with van der Waals surface area (Å²) in [5.74, 6) is -0.355. The van der Waals surface area contributed by atoms with E-state index in [9.17, 15) is 18.0 Å². The van der Waals surface area contributed by atoms with Crippen LogP contribution in [0.1, 0.15) is 0 Å². The Hall–Kier alpha value is -0.708. The van der Waals surface area contributed by atoms with Gasteiger partial charge in [0.05, 0.1) is 6.20 Å². The molecule has 0 saturated heterocycles. The molecule has 4 nitrogen and oxygen atoms in total. The van der Waals surface area contributed by atoms with E-state index in [2.05, 4.69) is 9.84 Å². The molecule has 82 valence electrons. The van der Waals surface area contributed by atoms with Crippen LogP contribution in [0.5, 0.6) is 5.75 Å². The first-order chi connectivity index (χ1) is 6.81. The third kappa shape index (κ3) is 3.41. The second-order valence-corrected chi connectivity index (χ2v) is 3.88. The lowest BCUT2D eigenvalue weighted by Gasteiger charge is -2.10. The Morgan fingerprint density at radius 2 is 2.20 bits per heavy atom. The van der Waals surface area contributed by atoms with E-state index in [1.807, 2.05) is 0 Å². The monoisotopic (exact) mass is 256 g/mol. The minimum Gasteiger partial charge on any atom is -0.481 e. The Morgan fingerprint density at radius 3 is 2.73 bits per heavy atom. The van der Waals surface area contributed by atoms with Gasteiger partial charge in [0.15, 0.2) is 12.4 Å². The molecule has 0 aliphatic carbocycles. The van der Waals surface area contributed by atoms with Crippen molar-refractivity contribution in [3.8, 4) is 5.75 Å². The van der Waals surface area contributed by atoms with Gasteiger partial charge in [-0.15, -0.1) is 0 Å². The molecule has 0 spiro atoms. The molecule has 0 saturated carbocycles. The normalized spacial score (nSPS) is 11.5. The SMILES string of the molecule is O=c1c(Cl)c(OCC(F)(F)F)cn[n]1[AlH2]. The minimum atomic E-state index is -4.47. The molecule has 1 aromatic rings. The van der Waals surface area contributed by atoms with Gasteiger partial charge in [-0.3, -0.25) is 4.79 Å². The summed E-state index contributed by atoms with van der Waals surface area (Å²) in [6.45, 7) is -1.50. The predicted molar refractivity (Wildman–Crippen MR) is 49.0 cm³/mol. The van der Waals surface area contributed by atoms with Gasteiger partial charge in [0.2, 0.25) is 0 Å². The van der Waals surface area contributed by atoms with Crippen LogP contribution < -0.4 is 10.3 Å². The molecule has 0 radical (unpaired) electrons. The smallest absolute Gasteiger partial charge is 0.422 e. The largest absolute Gasteiger partial charge is 0.481 e. The first kappa shape index (κ1) is 12.4. The first-order valence-electron chi connectivity index (χ1n) is 3.72. The van der Waals surface area contributed by atoms with Crippen LogP contribution in [0.3, 0.4) is 0 Å². The van der Waals surface area contributed by atoms with Gasteiger partial charge < -0.3 is 8.40 Å². The first-order valence-corrected chi connectivity index (χ1v) is 5.00. The molecule has 0 aromatic carbocycles. The van der Waals surface area contributed by atoms with E-state index in [0.29, 0.717) is 16.5 Å². The average Bonchev–Trinajstić information content (AvgIpc) is 2.12. The number of ether oxygens (including phenoxy) is 1. The van der Waals surface area contributed by atoms with Crippen LogP contribution >= 0.6 is 11.6 Å². The second kappa shape index (κ2) is 4.43. The van der Waals surface area contributed by atoms with Gasteiger partial charge >= 0.3 is 22.7 Å². The number of halogens is 4. The summed E-state index contributed by atoms with van der Waals surface area (Å²) in [6.07, 6.45) is -3.48. The number of alkyl halides is 3. The predicted octanol–water partition coefficient (Wildman–Crippen LogP) is 0.234. The van der Waals surface area contributed by atoms with Crippen molar-refractivity contribution in [2.45, 2.75) is 6.18 Å². The van der Waals surface area contributed by atoms with Crippen LogP contribution in [0.2, 0.25) is 5.02 Å². The quantitative estimate of drug-likeness (QED) is 0.712. The maximum absolute atomic E-state index is 11.8. The van der Waals surface area contributed by atoms with Gasteiger partial charge in [-0.2, -0.15) is 13.2 Å². The molecule has 0 fully saturated rings. The molecular weight excluding hydrogens is 252 g/mol. The summed E-state index contributed by atoms with van der Waals surface area (Å²) in [5, 5.41) is 3.14. The summed E-state index contributed by atoms with van der Waals surface area (Å²) < 4.78 is 40.7. The highest BCUT2D eigenvalue weighted by atomic mass is 35.5.